The molecule has 266 valence electrons. The standard InChI is InChI=1S/C38H66O8/c1-7-8-9-10-30-11-15-33(16-12-30)34-17-13-31(14-18-34)19-20-38(24-44-35(41)27(2)3,25-45-36(42)28(4)5)26-46-37(43)29(6)21-32(22-39)23-40/h30-35,37,39-41,43H,2,4,6-26H2,1,3,5H3. The molecule has 2 saturated carbocycles. The Bertz CT molecular complexity index is 914. The molecule has 0 aliphatic heterocycles. The molecule has 0 amide bonds. The van der Waals surface area contributed by atoms with E-state index in [-0.39, 0.29) is 45.0 Å². The number of esters is 1. The van der Waals surface area contributed by atoms with Gasteiger partial charge in [-0.05, 0) is 93.6 Å². The van der Waals surface area contributed by atoms with Crippen molar-refractivity contribution >= 4 is 5.97 Å². The smallest absolute Gasteiger partial charge is 0.333 e. The summed E-state index contributed by atoms with van der Waals surface area (Å²) in [6, 6.07) is 0. The molecule has 0 aromatic heterocycles. The molecule has 2 aliphatic rings. The van der Waals surface area contributed by atoms with Gasteiger partial charge >= 0.3 is 5.97 Å². The van der Waals surface area contributed by atoms with E-state index >= 15 is 0 Å². The number of unbranched alkanes of at least 4 members (excludes halogenated alkanes) is 2. The van der Waals surface area contributed by atoms with Gasteiger partial charge in [0.1, 0.15) is 6.61 Å². The van der Waals surface area contributed by atoms with Gasteiger partial charge < -0.3 is 34.6 Å². The summed E-state index contributed by atoms with van der Waals surface area (Å²) in [7, 11) is 0. The monoisotopic (exact) mass is 650 g/mol. The number of carbonyl (C=O) groups is 1. The molecule has 0 saturated heterocycles. The van der Waals surface area contributed by atoms with Crippen molar-refractivity contribution in [3.8, 4) is 0 Å². The molecule has 0 spiro atoms. The SMILES string of the molecule is C=C(C)C(=O)OCC(CCC1CCC(C2CCC(CCCCC)CC2)CC1)(COC(O)C(=C)C)COC(O)C(=C)CC(CO)CO. The minimum Gasteiger partial charge on any atom is -0.462 e. The first-order chi connectivity index (χ1) is 21.9. The van der Waals surface area contributed by atoms with Gasteiger partial charge in [-0.3, -0.25) is 0 Å². The second-order valence-electron chi connectivity index (χ2n) is 14.7. The lowest BCUT2D eigenvalue weighted by Gasteiger charge is -2.39. The van der Waals surface area contributed by atoms with Crippen LogP contribution in [0.25, 0.3) is 0 Å². The fourth-order valence-corrected chi connectivity index (χ4v) is 7.20. The summed E-state index contributed by atoms with van der Waals surface area (Å²) in [4.78, 5) is 12.5. The lowest BCUT2D eigenvalue weighted by Crippen LogP contribution is -2.41. The highest BCUT2D eigenvalue weighted by Gasteiger charge is 2.37. The number of ether oxygens (including phenoxy) is 3. The molecule has 0 aromatic rings. The summed E-state index contributed by atoms with van der Waals surface area (Å²) >= 11 is 0. The Hall–Kier alpha value is -1.55. The van der Waals surface area contributed by atoms with E-state index in [1.807, 2.05) is 0 Å². The zero-order valence-corrected chi connectivity index (χ0v) is 29.2. The molecule has 0 heterocycles. The van der Waals surface area contributed by atoms with Crippen LogP contribution in [-0.2, 0) is 19.0 Å². The van der Waals surface area contributed by atoms with E-state index in [0.717, 1.165) is 24.2 Å². The zero-order chi connectivity index (χ0) is 34.1. The van der Waals surface area contributed by atoms with E-state index in [4.69, 9.17) is 14.2 Å². The van der Waals surface area contributed by atoms with Gasteiger partial charge in [0.15, 0.2) is 12.6 Å². The summed E-state index contributed by atoms with van der Waals surface area (Å²) in [6.45, 7) is 16.4. The van der Waals surface area contributed by atoms with Crippen LogP contribution < -0.4 is 0 Å². The zero-order valence-electron chi connectivity index (χ0n) is 29.2. The normalized spacial score (nSPS) is 24.6. The van der Waals surface area contributed by atoms with Crippen molar-refractivity contribution < 1.29 is 39.4 Å². The van der Waals surface area contributed by atoms with Crippen LogP contribution in [0.3, 0.4) is 0 Å². The quantitative estimate of drug-likeness (QED) is 0.0311. The maximum absolute atomic E-state index is 12.5. The van der Waals surface area contributed by atoms with E-state index in [1.54, 1.807) is 13.8 Å². The molecule has 8 heteroatoms. The van der Waals surface area contributed by atoms with Crippen LogP contribution in [0.2, 0.25) is 0 Å². The molecule has 2 aliphatic carbocycles. The number of rotatable bonds is 23. The maximum Gasteiger partial charge on any atom is 0.333 e. The summed E-state index contributed by atoms with van der Waals surface area (Å²) in [6.07, 6.45) is 15.0. The average molecular weight is 651 g/mol. The van der Waals surface area contributed by atoms with E-state index in [1.165, 1.54) is 77.0 Å². The van der Waals surface area contributed by atoms with E-state index in [9.17, 15) is 25.2 Å². The Kier molecular flexibility index (Phi) is 18.9. The van der Waals surface area contributed by atoms with Gasteiger partial charge in [0, 0.05) is 24.7 Å². The minimum absolute atomic E-state index is 0.0146. The third kappa shape index (κ3) is 14.3. The van der Waals surface area contributed by atoms with Gasteiger partial charge in [-0.2, -0.15) is 0 Å². The van der Waals surface area contributed by atoms with Crippen molar-refractivity contribution in [2.45, 2.75) is 130 Å². The van der Waals surface area contributed by atoms with Gasteiger partial charge in [-0.1, -0.05) is 78.0 Å². The molecule has 0 bridgehead atoms. The number of hydrogen-bond donors (Lipinski definition) is 4. The number of carbonyl (C=O) groups excluding carboxylic acids is 1. The predicted molar refractivity (Wildman–Crippen MR) is 183 cm³/mol. The second kappa shape index (κ2) is 21.4. The van der Waals surface area contributed by atoms with Crippen LogP contribution >= 0.6 is 0 Å². The molecule has 8 nitrogen and oxygen atoms in total. The lowest BCUT2D eigenvalue weighted by atomic mass is 9.67. The molecule has 2 fully saturated rings. The Morgan fingerprint density at radius 3 is 1.78 bits per heavy atom. The Morgan fingerprint density at radius 1 is 0.783 bits per heavy atom. The molecule has 0 radical (unpaired) electrons. The molecular weight excluding hydrogens is 584 g/mol. The van der Waals surface area contributed by atoms with Gasteiger partial charge in [-0.15, -0.1) is 0 Å². The Labute approximate surface area is 279 Å². The van der Waals surface area contributed by atoms with Crippen LogP contribution in [0.5, 0.6) is 0 Å². The van der Waals surface area contributed by atoms with Gasteiger partial charge in [0.25, 0.3) is 0 Å². The number of aliphatic hydroxyl groups is 4. The van der Waals surface area contributed by atoms with E-state index < -0.39 is 29.9 Å². The largest absolute Gasteiger partial charge is 0.462 e. The summed E-state index contributed by atoms with van der Waals surface area (Å²) in [5, 5.41) is 40.1. The molecule has 3 unspecified atom stereocenters. The number of hydrogen-bond acceptors (Lipinski definition) is 8. The van der Waals surface area contributed by atoms with Crippen LogP contribution in [0.4, 0.5) is 0 Å². The highest BCUT2D eigenvalue weighted by atomic mass is 16.6. The summed E-state index contributed by atoms with van der Waals surface area (Å²) < 4.78 is 17.4. The molecule has 4 N–H and O–H groups in total. The second-order valence-corrected chi connectivity index (χ2v) is 14.7. The van der Waals surface area contributed by atoms with Crippen molar-refractivity contribution in [3.63, 3.8) is 0 Å². The van der Waals surface area contributed by atoms with Crippen molar-refractivity contribution in [1.82, 2.24) is 0 Å². The van der Waals surface area contributed by atoms with E-state index in [0.29, 0.717) is 23.5 Å². The summed E-state index contributed by atoms with van der Waals surface area (Å²) in [5.41, 5.74) is 0.202. The van der Waals surface area contributed by atoms with Crippen LogP contribution in [-0.4, -0.2) is 72.0 Å². The van der Waals surface area contributed by atoms with Crippen molar-refractivity contribution in [3.05, 3.63) is 36.5 Å². The first kappa shape index (κ1) is 40.6. The molecule has 46 heavy (non-hydrogen) atoms. The Morgan fingerprint density at radius 2 is 1.30 bits per heavy atom. The molecular formula is C38H66O8. The highest BCUT2D eigenvalue weighted by Crippen LogP contribution is 2.44. The highest BCUT2D eigenvalue weighted by molar-refractivity contribution is 5.86. The van der Waals surface area contributed by atoms with Crippen LogP contribution in [0.1, 0.15) is 117 Å². The molecule has 0 aromatic carbocycles. The first-order valence-electron chi connectivity index (χ1n) is 17.9. The molecule has 2 rings (SSSR count). The first-order valence-corrected chi connectivity index (χ1v) is 17.9. The van der Waals surface area contributed by atoms with Crippen molar-refractivity contribution in [2.24, 2.45) is 35.0 Å². The Balaban J connectivity index is 2.06. The van der Waals surface area contributed by atoms with Crippen LogP contribution in [0.15, 0.2) is 36.5 Å². The van der Waals surface area contributed by atoms with E-state index in [2.05, 4.69) is 26.7 Å². The van der Waals surface area contributed by atoms with Gasteiger partial charge in [0.2, 0.25) is 0 Å². The molecule has 3 atom stereocenters. The third-order valence-electron chi connectivity index (χ3n) is 10.5. The maximum atomic E-state index is 12.5. The number of aliphatic hydroxyl groups excluding tert-OH is 4. The fourth-order valence-electron chi connectivity index (χ4n) is 7.20. The third-order valence-corrected chi connectivity index (χ3v) is 10.5. The average Bonchev–Trinajstić information content (AvgIpc) is 3.06. The van der Waals surface area contributed by atoms with Gasteiger partial charge in [-0.25, -0.2) is 4.79 Å². The van der Waals surface area contributed by atoms with Crippen molar-refractivity contribution in [1.29, 1.82) is 0 Å². The lowest BCUT2D eigenvalue weighted by molar-refractivity contribution is -0.170. The fraction of sp³-hybridized carbons (Fsp3) is 0.816. The minimum atomic E-state index is -1.35. The van der Waals surface area contributed by atoms with Crippen molar-refractivity contribution in [2.75, 3.05) is 33.0 Å². The summed E-state index contributed by atoms with van der Waals surface area (Å²) in [5.74, 6) is 2.16. The topological polar surface area (TPSA) is 126 Å². The predicted octanol–water partition coefficient (Wildman–Crippen LogP) is 6.86. The van der Waals surface area contributed by atoms with Crippen LogP contribution in [0, 0.1) is 35.0 Å². The van der Waals surface area contributed by atoms with Gasteiger partial charge in [0.05, 0.1) is 18.6 Å².